The lowest BCUT2D eigenvalue weighted by atomic mass is 10.1. The summed E-state index contributed by atoms with van der Waals surface area (Å²) < 4.78 is 0. The fraction of sp³-hybridized carbons (Fsp3) is 0.714. The van der Waals surface area contributed by atoms with Gasteiger partial charge in [-0.2, -0.15) is 11.8 Å². The lowest BCUT2D eigenvalue weighted by molar-refractivity contribution is 0.654. The Balaban J connectivity index is 2.18. The zero-order valence-corrected chi connectivity index (χ0v) is 12.4. The molecule has 2 heterocycles. The van der Waals surface area contributed by atoms with E-state index in [2.05, 4.69) is 19.2 Å². The minimum absolute atomic E-state index is 0.523. The number of likely N-dealkylation sites (N-methyl/N-ethyl adjacent to an activating group) is 1. The fourth-order valence-electron chi connectivity index (χ4n) is 2.47. The zero-order chi connectivity index (χ0) is 13.0. The van der Waals surface area contributed by atoms with E-state index in [4.69, 9.17) is 9.97 Å². The summed E-state index contributed by atoms with van der Waals surface area (Å²) in [4.78, 5) is 9.50. The highest BCUT2D eigenvalue weighted by Gasteiger charge is 2.20. The van der Waals surface area contributed by atoms with E-state index in [1.165, 1.54) is 42.0 Å². The standard InChI is InChI=1S/C14H23N3S/c1-10-12(7-8-15-3)11(2)17-14(16-10)13-6-4-5-9-18-13/h13,15H,4-9H2,1-3H3. The van der Waals surface area contributed by atoms with Crippen molar-refractivity contribution in [3.63, 3.8) is 0 Å². The van der Waals surface area contributed by atoms with Gasteiger partial charge in [0.05, 0.1) is 5.25 Å². The van der Waals surface area contributed by atoms with Crippen LogP contribution in [0, 0.1) is 13.8 Å². The Hall–Kier alpha value is -0.610. The van der Waals surface area contributed by atoms with Crippen LogP contribution < -0.4 is 5.32 Å². The topological polar surface area (TPSA) is 37.8 Å². The van der Waals surface area contributed by atoms with Gasteiger partial charge in [-0.1, -0.05) is 6.42 Å². The highest BCUT2D eigenvalue weighted by Crippen LogP contribution is 2.36. The molecule has 1 aliphatic rings. The molecule has 1 aliphatic heterocycles. The lowest BCUT2D eigenvalue weighted by Gasteiger charge is -2.21. The van der Waals surface area contributed by atoms with Crippen molar-refractivity contribution in [3.8, 4) is 0 Å². The molecule has 0 aliphatic carbocycles. The third-order valence-electron chi connectivity index (χ3n) is 3.53. The van der Waals surface area contributed by atoms with Crippen molar-refractivity contribution in [3.05, 3.63) is 22.8 Å². The van der Waals surface area contributed by atoms with E-state index in [0.29, 0.717) is 5.25 Å². The minimum atomic E-state index is 0.523. The van der Waals surface area contributed by atoms with E-state index in [-0.39, 0.29) is 0 Å². The maximum atomic E-state index is 4.75. The molecule has 0 amide bonds. The van der Waals surface area contributed by atoms with Crippen LogP contribution in [0.1, 0.15) is 47.3 Å². The van der Waals surface area contributed by atoms with Crippen LogP contribution >= 0.6 is 11.8 Å². The Morgan fingerprint density at radius 3 is 2.50 bits per heavy atom. The Labute approximate surface area is 114 Å². The second-order valence-corrected chi connectivity index (χ2v) is 6.25. The van der Waals surface area contributed by atoms with Crippen LogP contribution in [0.15, 0.2) is 0 Å². The van der Waals surface area contributed by atoms with E-state index < -0.39 is 0 Å². The van der Waals surface area contributed by atoms with E-state index >= 15 is 0 Å². The minimum Gasteiger partial charge on any atom is -0.319 e. The number of nitrogens with zero attached hydrogens (tertiary/aromatic N) is 2. The molecule has 0 bridgehead atoms. The van der Waals surface area contributed by atoms with Gasteiger partial charge in [0, 0.05) is 11.4 Å². The van der Waals surface area contributed by atoms with Crippen molar-refractivity contribution in [1.29, 1.82) is 0 Å². The quantitative estimate of drug-likeness (QED) is 0.908. The summed E-state index contributed by atoms with van der Waals surface area (Å²) >= 11 is 2.02. The molecule has 2 rings (SSSR count). The second-order valence-electron chi connectivity index (χ2n) is 4.94. The Morgan fingerprint density at radius 2 is 1.94 bits per heavy atom. The van der Waals surface area contributed by atoms with Crippen LogP contribution in [-0.2, 0) is 6.42 Å². The highest BCUT2D eigenvalue weighted by atomic mass is 32.2. The van der Waals surface area contributed by atoms with Gasteiger partial charge in [0.15, 0.2) is 0 Å². The molecule has 1 atom stereocenters. The van der Waals surface area contributed by atoms with Crippen molar-refractivity contribution in [1.82, 2.24) is 15.3 Å². The normalized spacial score (nSPS) is 20.1. The van der Waals surface area contributed by atoms with Crippen molar-refractivity contribution in [2.24, 2.45) is 0 Å². The number of aromatic nitrogens is 2. The average Bonchev–Trinajstić information content (AvgIpc) is 2.39. The van der Waals surface area contributed by atoms with E-state index in [0.717, 1.165) is 18.8 Å². The van der Waals surface area contributed by atoms with Gasteiger partial charge in [0.1, 0.15) is 5.82 Å². The van der Waals surface area contributed by atoms with E-state index in [1.54, 1.807) is 0 Å². The lowest BCUT2D eigenvalue weighted by Crippen LogP contribution is -2.15. The highest BCUT2D eigenvalue weighted by molar-refractivity contribution is 7.99. The molecule has 1 aromatic heterocycles. The van der Waals surface area contributed by atoms with Crippen LogP contribution in [-0.4, -0.2) is 29.3 Å². The number of thioether (sulfide) groups is 1. The van der Waals surface area contributed by atoms with Gasteiger partial charge >= 0.3 is 0 Å². The number of nitrogens with one attached hydrogen (secondary N) is 1. The summed E-state index contributed by atoms with van der Waals surface area (Å²) in [6, 6.07) is 0. The molecule has 0 spiro atoms. The molecule has 1 aromatic rings. The van der Waals surface area contributed by atoms with Gasteiger partial charge in [0.25, 0.3) is 0 Å². The van der Waals surface area contributed by atoms with Gasteiger partial charge in [-0.05, 0) is 58.0 Å². The first-order valence-electron chi connectivity index (χ1n) is 6.82. The van der Waals surface area contributed by atoms with Gasteiger partial charge in [-0.25, -0.2) is 9.97 Å². The van der Waals surface area contributed by atoms with E-state index in [1.807, 2.05) is 18.8 Å². The molecule has 3 nitrogen and oxygen atoms in total. The smallest absolute Gasteiger partial charge is 0.141 e. The zero-order valence-electron chi connectivity index (χ0n) is 11.6. The van der Waals surface area contributed by atoms with Gasteiger partial charge in [0.2, 0.25) is 0 Å². The molecule has 18 heavy (non-hydrogen) atoms. The van der Waals surface area contributed by atoms with Gasteiger partial charge < -0.3 is 5.32 Å². The summed E-state index contributed by atoms with van der Waals surface area (Å²) in [5.74, 6) is 2.32. The van der Waals surface area contributed by atoms with Crippen LogP contribution in [0.3, 0.4) is 0 Å². The van der Waals surface area contributed by atoms with Crippen LogP contribution in [0.2, 0.25) is 0 Å². The molecule has 1 fully saturated rings. The maximum Gasteiger partial charge on any atom is 0.141 e. The predicted octanol–water partition coefficient (Wildman–Crippen LogP) is 2.81. The van der Waals surface area contributed by atoms with Crippen LogP contribution in [0.25, 0.3) is 0 Å². The third-order valence-corrected chi connectivity index (χ3v) is 4.90. The molecule has 0 aromatic carbocycles. The first-order valence-corrected chi connectivity index (χ1v) is 7.87. The Bertz CT molecular complexity index is 377. The predicted molar refractivity (Wildman–Crippen MR) is 78.2 cm³/mol. The van der Waals surface area contributed by atoms with Crippen molar-refractivity contribution >= 4 is 11.8 Å². The summed E-state index contributed by atoms with van der Waals surface area (Å²) in [6.07, 6.45) is 4.92. The summed E-state index contributed by atoms with van der Waals surface area (Å²) in [5.41, 5.74) is 3.65. The third kappa shape index (κ3) is 3.23. The largest absolute Gasteiger partial charge is 0.319 e. The van der Waals surface area contributed by atoms with Crippen molar-refractivity contribution < 1.29 is 0 Å². The molecule has 0 saturated carbocycles. The summed E-state index contributed by atoms with van der Waals surface area (Å²) in [5, 5.41) is 3.71. The molecule has 0 radical (unpaired) electrons. The molecule has 4 heteroatoms. The number of hydrogen-bond acceptors (Lipinski definition) is 4. The number of aryl methyl sites for hydroxylation is 2. The van der Waals surface area contributed by atoms with E-state index in [9.17, 15) is 0 Å². The first kappa shape index (κ1) is 13.8. The van der Waals surface area contributed by atoms with Crippen LogP contribution in [0.5, 0.6) is 0 Å². The van der Waals surface area contributed by atoms with Gasteiger partial charge in [-0.15, -0.1) is 0 Å². The molecular weight excluding hydrogens is 242 g/mol. The molecule has 100 valence electrons. The fourth-order valence-corrected chi connectivity index (χ4v) is 3.71. The monoisotopic (exact) mass is 265 g/mol. The SMILES string of the molecule is CNCCc1c(C)nc(C2CCCCS2)nc1C. The Morgan fingerprint density at radius 1 is 1.22 bits per heavy atom. The van der Waals surface area contributed by atoms with Crippen molar-refractivity contribution in [2.45, 2.75) is 44.8 Å². The maximum absolute atomic E-state index is 4.75. The first-order chi connectivity index (χ1) is 8.72. The molecular formula is C14H23N3S. The number of hydrogen-bond donors (Lipinski definition) is 1. The summed E-state index contributed by atoms with van der Waals surface area (Å²) in [6.45, 7) is 5.23. The molecule has 1 saturated heterocycles. The molecule has 1 unspecified atom stereocenters. The van der Waals surface area contributed by atoms with Crippen molar-refractivity contribution in [2.75, 3.05) is 19.3 Å². The Kier molecular flexibility index (Phi) is 5.01. The van der Waals surface area contributed by atoms with Gasteiger partial charge in [-0.3, -0.25) is 0 Å². The second kappa shape index (κ2) is 6.53. The number of rotatable bonds is 4. The molecule has 1 N–H and O–H groups in total. The van der Waals surface area contributed by atoms with Crippen LogP contribution in [0.4, 0.5) is 0 Å². The average molecular weight is 265 g/mol. The summed E-state index contributed by atoms with van der Waals surface area (Å²) in [7, 11) is 1.98.